The van der Waals surface area contributed by atoms with Gasteiger partial charge in [0, 0.05) is 38.5 Å². The fourth-order valence-corrected chi connectivity index (χ4v) is 2.98. The molecule has 1 aromatic carbocycles. The fourth-order valence-electron chi connectivity index (χ4n) is 2.98. The van der Waals surface area contributed by atoms with Gasteiger partial charge in [-0.2, -0.15) is 8.78 Å². The maximum Gasteiger partial charge on any atom is 0.394 e. The van der Waals surface area contributed by atoms with Crippen LogP contribution in [0.3, 0.4) is 0 Å². The predicted molar refractivity (Wildman–Crippen MR) is 133 cm³/mol. The van der Waals surface area contributed by atoms with Gasteiger partial charge in [-0.05, 0) is 55.1 Å². The standard InChI is InChI=1S/C25H36F2N4O4/c1-6-20(29-24(33)30-21-11-13-22(14-12-21)35-25(4,26)27)10-9-19(18-34-5)17-23(32)28-15-16-31(7-2)8-3/h6,9-14H,1,7-8,15-18H2,2-5H3,(H,28,32)(H2,29,30,33)/b19-9-,20-10+. The lowest BCUT2D eigenvalue weighted by atomic mass is 10.1. The molecule has 0 fully saturated rings. The van der Waals surface area contributed by atoms with Crippen LogP contribution in [0.1, 0.15) is 27.2 Å². The van der Waals surface area contributed by atoms with Crippen molar-refractivity contribution in [2.45, 2.75) is 33.3 Å². The largest absolute Gasteiger partial charge is 0.433 e. The number of urea groups is 1. The van der Waals surface area contributed by atoms with E-state index in [2.05, 4.69) is 46.0 Å². The molecule has 10 heteroatoms. The zero-order chi connectivity index (χ0) is 26.3. The summed E-state index contributed by atoms with van der Waals surface area (Å²) < 4.78 is 35.4. The highest BCUT2D eigenvalue weighted by Crippen LogP contribution is 2.22. The number of benzene rings is 1. The number of allylic oxidation sites excluding steroid dienone is 3. The van der Waals surface area contributed by atoms with E-state index in [1.54, 1.807) is 12.2 Å². The molecule has 3 N–H and O–H groups in total. The zero-order valence-corrected chi connectivity index (χ0v) is 20.8. The number of rotatable bonds is 15. The van der Waals surface area contributed by atoms with Crippen LogP contribution in [0.15, 0.2) is 60.3 Å². The molecule has 0 radical (unpaired) electrons. The first-order valence-electron chi connectivity index (χ1n) is 11.3. The van der Waals surface area contributed by atoms with Gasteiger partial charge in [0.25, 0.3) is 0 Å². The predicted octanol–water partition coefficient (Wildman–Crippen LogP) is 4.29. The molecule has 0 spiro atoms. The summed E-state index contributed by atoms with van der Waals surface area (Å²) in [5.74, 6) is -0.143. The third-order valence-corrected chi connectivity index (χ3v) is 4.75. The minimum atomic E-state index is -3.29. The van der Waals surface area contributed by atoms with E-state index in [1.807, 2.05) is 0 Å². The summed E-state index contributed by atoms with van der Waals surface area (Å²) in [7, 11) is 1.54. The van der Waals surface area contributed by atoms with Crippen LogP contribution >= 0.6 is 0 Å². The number of hydrogen-bond donors (Lipinski definition) is 3. The number of hydrogen-bond acceptors (Lipinski definition) is 5. The van der Waals surface area contributed by atoms with Crippen molar-refractivity contribution >= 4 is 17.6 Å². The average Bonchev–Trinajstić information content (AvgIpc) is 2.79. The van der Waals surface area contributed by atoms with E-state index in [1.165, 1.54) is 37.5 Å². The number of carbonyl (C=O) groups excluding carboxylic acids is 2. The Morgan fingerprint density at radius 2 is 1.80 bits per heavy atom. The number of nitrogens with one attached hydrogen (secondary N) is 3. The molecule has 3 amide bonds. The number of halogens is 2. The van der Waals surface area contributed by atoms with Gasteiger partial charge in [-0.25, -0.2) is 4.79 Å². The van der Waals surface area contributed by atoms with Crippen LogP contribution in [0.25, 0.3) is 0 Å². The Kier molecular flexibility index (Phi) is 13.3. The van der Waals surface area contributed by atoms with Crippen LogP contribution in [-0.4, -0.2) is 62.8 Å². The smallest absolute Gasteiger partial charge is 0.394 e. The van der Waals surface area contributed by atoms with Gasteiger partial charge in [0.05, 0.1) is 13.0 Å². The van der Waals surface area contributed by atoms with Gasteiger partial charge in [-0.1, -0.05) is 26.5 Å². The summed E-state index contributed by atoms with van der Waals surface area (Å²) in [4.78, 5) is 26.8. The van der Waals surface area contributed by atoms with Crippen LogP contribution in [0.5, 0.6) is 5.75 Å². The quantitative estimate of drug-likeness (QED) is 0.317. The van der Waals surface area contributed by atoms with E-state index in [4.69, 9.17) is 4.74 Å². The van der Waals surface area contributed by atoms with Crippen LogP contribution < -0.4 is 20.7 Å². The highest BCUT2D eigenvalue weighted by molar-refractivity contribution is 5.90. The Labute approximate surface area is 206 Å². The number of likely N-dealkylation sites (N-methyl/N-ethyl adjacent to an activating group) is 1. The van der Waals surface area contributed by atoms with Crippen molar-refractivity contribution in [3.05, 3.63) is 60.3 Å². The number of nitrogens with zero attached hydrogens (tertiary/aromatic N) is 1. The zero-order valence-electron chi connectivity index (χ0n) is 20.8. The maximum atomic E-state index is 12.9. The molecule has 35 heavy (non-hydrogen) atoms. The van der Waals surface area contributed by atoms with Crippen molar-refractivity contribution in [1.29, 1.82) is 0 Å². The summed E-state index contributed by atoms with van der Waals surface area (Å²) in [6, 6.07) is 4.97. The van der Waals surface area contributed by atoms with Gasteiger partial charge < -0.3 is 30.3 Å². The van der Waals surface area contributed by atoms with Crippen LogP contribution in [0.2, 0.25) is 0 Å². The van der Waals surface area contributed by atoms with Gasteiger partial charge in [0.1, 0.15) is 5.75 Å². The molecule has 0 aliphatic heterocycles. The second kappa shape index (κ2) is 15.6. The van der Waals surface area contributed by atoms with E-state index < -0.39 is 12.1 Å². The molecule has 1 rings (SSSR count). The van der Waals surface area contributed by atoms with Crippen molar-refractivity contribution in [3.63, 3.8) is 0 Å². The summed E-state index contributed by atoms with van der Waals surface area (Å²) in [6.07, 6.45) is 1.62. The minimum absolute atomic E-state index is 0.0250. The van der Waals surface area contributed by atoms with E-state index in [9.17, 15) is 18.4 Å². The molecule has 0 aliphatic carbocycles. The molecule has 1 aromatic rings. The molecular weight excluding hydrogens is 458 g/mol. The average molecular weight is 495 g/mol. The number of alkyl halides is 2. The van der Waals surface area contributed by atoms with Gasteiger partial charge in [0.2, 0.25) is 5.91 Å². The topological polar surface area (TPSA) is 91.9 Å². The summed E-state index contributed by atoms with van der Waals surface area (Å²) >= 11 is 0. The van der Waals surface area contributed by atoms with Gasteiger partial charge >= 0.3 is 12.1 Å². The minimum Gasteiger partial charge on any atom is -0.433 e. The molecular formula is C25H36F2N4O4. The second-order valence-electron chi connectivity index (χ2n) is 7.65. The molecule has 194 valence electrons. The van der Waals surface area contributed by atoms with E-state index in [-0.39, 0.29) is 24.7 Å². The highest BCUT2D eigenvalue weighted by Gasteiger charge is 2.22. The lowest BCUT2D eigenvalue weighted by Crippen LogP contribution is -2.35. The SMILES string of the molecule is C=C/C(=C\C=C(/COC)CC(=O)NCCN(CC)CC)NC(=O)Nc1ccc(OC(C)(F)F)cc1. The van der Waals surface area contributed by atoms with E-state index in [0.29, 0.717) is 24.9 Å². The van der Waals surface area contributed by atoms with Crippen molar-refractivity contribution in [3.8, 4) is 5.75 Å². The number of ether oxygens (including phenoxy) is 2. The van der Waals surface area contributed by atoms with Crippen molar-refractivity contribution in [2.24, 2.45) is 0 Å². The Balaban J connectivity index is 2.68. The lowest BCUT2D eigenvalue weighted by molar-refractivity contribution is -0.158. The van der Waals surface area contributed by atoms with E-state index in [0.717, 1.165) is 25.2 Å². The lowest BCUT2D eigenvalue weighted by Gasteiger charge is -2.18. The second-order valence-corrected chi connectivity index (χ2v) is 7.65. The first-order valence-corrected chi connectivity index (χ1v) is 11.3. The molecule has 0 aliphatic rings. The first kappa shape index (κ1) is 29.8. The molecule has 0 saturated heterocycles. The Hall–Kier alpha value is -3.24. The first-order chi connectivity index (χ1) is 16.6. The highest BCUT2D eigenvalue weighted by atomic mass is 19.3. The summed E-state index contributed by atoms with van der Waals surface area (Å²) in [5.41, 5.74) is 1.50. The Morgan fingerprint density at radius 1 is 1.14 bits per heavy atom. The summed E-state index contributed by atoms with van der Waals surface area (Å²) in [5, 5.41) is 8.12. The third-order valence-electron chi connectivity index (χ3n) is 4.75. The van der Waals surface area contributed by atoms with Crippen LogP contribution in [0, 0.1) is 0 Å². The monoisotopic (exact) mass is 494 g/mol. The van der Waals surface area contributed by atoms with Gasteiger partial charge in [-0.15, -0.1) is 0 Å². The molecule has 0 saturated carbocycles. The Bertz CT molecular complexity index is 876. The number of anilines is 1. The molecule has 0 unspecified atom stereocenters. The van der Waals surface area contributed by atoms with Gasteiger partial charge in [0.15, 0.2) is 0 Å². The Morgan fingerprint density at radius 3 is 2.34 bits per heavy atom. The van der Waals surface area contributed by atoms with Crippen LogP contribution in [0.4, 0.5) is 19.3 Å². The number of methoxy groups -OCH3 is 1. The maximum absolute atomic E-state index is 12.9. The van der Waals surface area contributed by atoms with Crippen molar-refractivity contribution < 1.29 is 27.8 Å². The third kappa shape index (κ3) is 13.3. The van der Waals surface area contributed by atoms with Gasteiger partial charge in [-0.3, -0.25) is 4.79 Å². The number of carbonyl (C=O) groups is 2. The van der Waals surface area contributed by atoms with E-state index >= 15 is 0 Å². The molecule has 0 aromatic heterocycles. The van der Waals surface area contributed by atoms with Crippen molar-refractivity contribution in [1.82, 2.24) is 15.5 Å². The molecule has 0 atom stereocenters. The summed E-state index contributed by atoms with van der Waals surface area (Å²) in [6.45, 7) is 11.9. The normalized spacial score (nSPS) is 12.3. The fraction of sp³-hybridized carbons (Fsp3) is 0.440. The molecule has 0 heterocycles. The molecule has 8 nitrogen and oxygen atoms in total. The van der Waals surface area contributed by atoms with Crippen LogP contribution in [-0.2, 0) is 9.53 Å². The molecule has 0 bridgehead atoms. The van der Waals surface area contributed by atoms with Crippen molar-refractivity contribution in [2.75, 3.05) is 45.2 Å². The number of amides is 3.